The minimum Gasteiger partial charge on any atom is -0.305 e. The lowest BCUT2D eigenvalue weighted by Crippen LogP contribution is -2.23. The van der Waals surface area contributed by atoms with Crippen molar-refractivity contribution in [3.05, 3.63) is 59.7 Å². The molecule has 1 aromatic carbocycles. The first-order chi connectivity index (χ1) is 9.88. The standard InChI is InChI=1S/C17H21N3/c1-2-19-17(16-12-18-9-10-20-16)15-8-4-7-14(11-15)13-5-3-6-13/h4,7-13,17,19H,2-3,5-6H2,1H3. The molecule has 0 aliphatic heterocycles. The summed E-state index contributed by atoms with van der Waals surface area (Å²) in [6, 6.07) is 9.08. The first-order valence-electron chi connectivity index (χ1n) is 7.47. The first-order valence-corrected chi connectivity index (χ1v) is 7.47. The SMILES string of the molecule is CCNC(c1cccc(C2CCC2)c1)c1cnccn1. The molecule has 1 fully saturated rings. The van der Waals surface area contributed by atoms with Gasteiger partial charge in [0.25, 0.3) is 0 Å². The van der Waals surface area contributed by atoms with Crippen molar-refractivity contribution in [3.8, 4) is 0 Å². The predicted molar refractivity (Wildman–Crippen MR) is 80.6 cm³/mol. The van der Waals surface area contributed by atoms with Gasteiger partial charge in [0.2, 0.25) is 0 Å². The molecule has 1 aliphatic carbocycles. The summed E-state index contributed by atoms with van der Waals surface area (Å²) in [5.41, 5.74) is 3.75. The van der Waals surface area contributed by atoms with E-state index in [-0.39, 0.29) is 6.04 Å². The van der Waals surface area contributed by atoms with E-state index in [0.717, 1.165) is 18.2 Å². The minimum absolute atomic E-state index is 0.133. The van der Waals surface area contributed by atoms with Crippen molar-refractivity contribution in [2.45, 2.75) is 38.1 Å². The van der Waals surface area contributed by atoms with Crippen molar-refractivity contribution in [1.82, 2.24) is 15.3 Å². The number of hydrogen-bond acceptors (Lipinski definition) is 3. The average molecular weight is 267 g/mol. The average Bonchev–Trinajstić information content (AvgIpc) is 2.44. The molecule has 2 aromatic rings. The highest BCUT2D eigenvalue weighted by Crippen LogP contribution is 2.37. The Balaban J connectivity index is 1.91. The van der Waals surface area contributed by atoms with Crippen LogP contribution in [0.3, 0.4) is 0 Å². The van der Waals surface area contributed by atoms with Gasteiger partial charge >= 0.3 is 0 Å². The Bertz CT molecular complexity index is 549. The molecule has 0 radical (unpaired) electrons. The summed E-state index contributed by atoms with van der Waals surface area (Å²) in [6.07, 6.45) is 9.37. The third kappa shape index (κ3) is 2.73. The van der Waals surface area contributed by atoms with Crippen LogP contribution in [0.25, 0.3) is 0 Å². The molecule has 3 rings (SSSR count). The van der Waals surface area contributed by atoms with Crippen molar-refractivity contribution < 1.29 is 0 Å². The molecule has 0 bridgehead atoms. The number of aromatic nitrogens is 2. The van der Waals surface area contributed by atoms with Crippen LogP contribution in [0.1, 0.15) is 55.0 Å². The zero-order valence-corrected chi connectivity index (χ0v) is 11.9. The lowest BCUT2D eigenvalue weighted by Gasteiger charge is -2.27. The Morgan fingerprint density at radius 3 is 2.85 bits per heavy atom. The maximum Gasteiger partial charge on any atom is 0.0801 e. The summed E-state index contributed by atoms with van der Waals surface area (Å²) in [5.74, 6) is 0.763. The van der Waals surface area contributed by atoms with Crippen LogP contribution in [-0.2, 0) is 0 Å². The number of hydrogen-bond donors (Lipinski definition) is 1. The second-order valence-corrected chi connectivity index (χ2v) is 5.42. The van der Waals surface area contributed by atoms with Gasteiger partial charge in [-0.3, -0.25) is 9.97 Å². The Morgan fingerprint density at radius 2 is 2.20 bits per heavy atom. The van der Waals surface area contributed by atoms with E-state index in [1.165, 1.54) is 30.4 Å². The van der Waals surface area contributed by atoms with Crippen LogP contribution in [-0.4, -0.2) is 16.5 Å². The molecule has 1 atom stereocenters. The Kier molecular flexibility index (Phi) is 4.07. The molecule has 1 heterocycles. The van der Waals surface area contributed by atoms with E-state index in [1.807, 2.05) is 6.20 Å². The molecule has 1 aliphatic rings. The predicted octanol–water partition coefficient (Wildman–Crippen LogP) is 3.44. The summed E-state index contributed by atoms with van der Waals surface area (Å²) < 4.78 is 0. The summed E-state index contributed by atoms with van der Waals surface area (Å²) in [6.45, 7) is 3.04. The topological polar surface area (TPSA) is 37.8 Å². The van der Waals surface area contributed by atoms with Crippen molar-refractivity contribution in [2.75, 3.05) is 6.54 Å². The molecular weight excluding hydrogens is 246 g/mol. The van der Waals surface area contributed by atoms with Gasteiger partial charge in [0.1, 0.15) is 0 Å². The monoisotopic (exact) mass is 267 g/mol. The molecule has 0 saturated heterocycles. The lowest BCUT2D eigenvalue weighted by atomic mass is 9.79. The van der Waals surface area contributed by atoms with Crippen LogP contribution >= 0.6 is 0 Å². The smallest absolute Gasteiger partial charge is 0.0801 e. The molecule has 1 N–H and O–H groups in total. The van der Waals surface area contributed by atoms with E-state index in [9.17, 15) is 0 Å². The fraction of sp³-hybridized carbons (Fsp3) is 0.412. The lowest BCUT2D eigenvalue weighted by molar-refractivity contribution is 0.419. The quantitative estimate of drug-likeness (QED) is 0.901. The third-order valence-corrected chi connectivity index (χ3v) is 4.11. The van der Waals surface area contributed by atoms with Crippen LogP contribution < -0.4 is 5.32 Å². The van der Waals surface area contributed by atoms with Crippen LogP contribution in [0.4, 0.5) is 0 Å². The van der Waals surface area contributed by atoms with Crippen molar-refractivity contribution in [3.63, 3.8) is 0 Å². The molecule has 1 saturated carbocycles. The normalized spacial score (nSPS) is 16.6. The molecule has 104 valence electrons. The van der Waals surface area contributed by atoms with Gasteiger partial charge in [-0.1, -0.05) is 37.6 Å². The van der Waals surface area contributed by atoms with Crippen LogP contribution in [0.15, 0.2) is 42.9 Å². The largest absolute Gasteiger partial charge is 0.305 e. The van der Waals surface area contributed by atoms with Gasteiger partial charge in [-0.15, -0.1) is 0 Å². The van der Waals surface area contributed by atoms with E-state index in [4.69, 9.17) is 0 Å². The number of nitrogens with one attached hydrogen (secondary N) is 1. The molecule has 0 amide bonds. The Labute approximate surface area is 120 Å². The van der Waals surface area contributed by atoms with E-state index in [1.54, 1.807) is 12.4 Å². The maximum absolute atomic E-state index is 4.46. The molecule has 20 heavy (non-hydrogen) atoms. The van der Waals surface area contributed by atoms with Gasteiger partial charge in [0.05, 0.1) is 17.9 Å². The van der Waals surface area contributed by atoms with Gasteiger partial charge in [-0.25, -0.2) is 0 Å². The molecule has 3 heteroatoms. The number of benzene rings is 1. The summed E-state index contributed by atoms with van der Waals surface area (Å²) in [5, 5.41) is 3.51. The second-order valence-electron chi connectivity index (χ2n) is 5.42. The van der Waals surface area contributed by atoms with Crippen molar-refractivity contribution in [2.24, 2.45) is 0 Å². The zero-order chi connectivity index (χ0) is 13.8. The maximum atomic E-state index is 4.46. The van der Waals surface area contributed by atoms with Gasteiger partial charge in [0, 0.05) is 12.4 Å². The van der Waals surface area contributed by atoms with Gasteiger partial charge in [0.15, 0.2) is 0 Å². The van der Waals surface area contributed by atoms with Crippen molar-refractivity contribution in [1.29, 1.82) is 0 Å². The summed E-state index contributed by atoms with van der Waals surface area (Å²) in [7, 11) is 0. The summed E-state index contributed by atoms with van der Waals surface area (Å²) in [4.78, 5) is 8.65. The molecule has 3 nitrogen and oxygen atoms in total. The molecule has 1 aromatic heterocycles. The number of rotatable bonds is 5. The highest BCUT2D eigenvalue weighted by Gasteiger charge is 2.21. The van der Waals surface area contributed by atoms with Gasteiger partial charge in [-0.2, -0.15) is 0 Å². The highest BCUT2D eigenvalue weighted by atomic mass is 14.9. The van der Waals surface area contributed by atoms with E-state index >= 15 is 0 Å². The molecule has 1 unspecified atom stereocenters. The fourth-order valence-electron chi connectivity index (χ4n) is 2.79. The number of nitrogens with zero attached hydrogens (tertiary/aromatic N) is 2. The summed E-state index contributed by atoms with van der Waals surface area (Å²) >= 11 is 0. The minimum atomic E-state index is 0.133. The Morgan fingerprint density at radius 1 is 1.30 bits per heavy atom. The van der Waals surface area contributed by atoms with Crippen LogP contribution in [0.5, 0.6) is 0 Å². The zero-order valence-electron chi connectivity index (χ0n) is 11.9. The highest BCUT2D eigenvalue weighted by molar-refractivity contribution is 5.33. The second kappa shape index (κ2) is 6.14. The first kappa shape index (κ1) is 13.3. The van der Waals surface area contributed by atoms with Crippen LogP contribution in [0, 0.1) is 0 Å². The van der Waals surface area contributed by atoms with E-state index < -0.39 is 0 Å². The van der Waals surface area contributed by atoms with Crippen molar-refractivity contribution >= 4 is 0 Å². The van der Waals surface area contributed by atoms with E-state index in [0.29, 0.717) is 0 Å². The van der Waals surface area contributed by atoms with Crippen LogP contribution in [0.2, 0.25) is 0 Å². The Hall–Kier alpha value is -1.74. The van der Waals surface area contributed by atoms with Gasteiger partial charge in [-0.05, 0) is 36.4 Å². The fourth-order valence-corrected chi connectivity index (χ4v) is 2.79. The van der Waals surface area contributed by atoms with Gasteiger partial charge < -0.3 is 5.32 Å². The molecular formula is C17H21N3. The van der Waals surface area contributed by atoms with E-state index in [2.05, 4.69) is 46.5 Å². The molecule has 0 spiro atoms. The third-order valence-electron chi connectivity index (χ3n) is 4.11.